The van der Waals surface area contributed by atoms with E-state index in [1.54, 1.807) is 4.90 Å². The highest BCUT2D eigenvalue weighted by Gasteiger charge is 2.42. The van der Waals surface area contributed by atoms with Crippen molar-refractivity contribution < 1.29 is 9.90 Å². The van der Waals surface area contributed by atoms with E-state index >= 15 is 0 Å². The lowest BCUT2D eigenvalue weighted by molar-refractivity contribution is -0.156. The molecule has 2 fully saturated rings. The van der Waals surface area contributed by atoms with Gasteiger partial charge in [-0.3, -0.25) is 4.79 Å². The fourth-order valence-corrected chi connectivity index (χ4v) is 1.78. The van der Waals surface area contributed by atoms with Crippen LogP contribution >= 0.6 is 0 Å². The van der Waals surface area contributed by atoms with Gasteiger partial charge in [-0.2, -0.15) is 0 Å². The Morgan fingerprint density at radius 1 is 1.60 bits per heavy atom. The molecule has 3 nitrogen and oxygen atoms in total. The molecule has 0 spiro atoms. The Bertz CT molecular complexity index is 169. The van der Waals surface area contributed by atoms with Crippen LogP contribution in [-0.4, -0.2) is 34.6 Å². The van der Waals surface area contributed by atoms with E-state index in [1.807, 2.05) is 0 Å². The van der Waals surface area contributed by atoms with Crippen molar-refractivity contribution in [1.29, 1.82) is 0 Å². The number of fused-ring (bicyclic) bond motifs is 1. The fourth-order valence-electron chi connectivity index (χ4n) is 1.78. The molecule has 56 valence electrons. The van der Waals surface area contributed by atoms with Gasteiger partial charge in [-0.15, -0.1) is 0 Å². The number of aliphatic hydroxyl groups excluding tert-OH is 1. The lowest BCUT2D eigenvalue weighted by atomic mass is 9.89. The average Bonchev–Trinajstić information content (AvgIpc) is 1.91. The lowest BCUT2D eigenvalue weighted by Crippen LogP contribution is -2.60. The molecule has 2 atom stereocenters. The number of amides is 1. The van der Waals surface area contributed by atoms with Gasteiger partial charge >= 0.3 is 0 Å². The van der Waals surface area contributed by atoms with Crippen LogP contribution in [0.5, 0.6) is 0 Å². The van der Waals surface area contributed by atoms with Crippen molar-refractivity contribution in [3.8, 4) is 0 Å². The summed E-state index contributed by atoms with van der Waals surface area (Å²) in [7, 11) is 0. The Kier molecular flexibility index (Phi) is 1.20. The first-order chi connectivity index (χ1) is 4.79. The first kappa shape index (κ1) is 6.16. The van der Waals surface area contributed by atoms with Crippen LogP contribution in [0.25, 0.3) is 0 Å². The summed E-state index contributed by atoms with van der Waals surface area (Å²) in [6, 6.07) is 0.168. The molecule has 2 aliphatic rings. The Balaban J connectivity index is 2.05. The molecule has 2 saturated heterocycles. The zero-order valence-corrected chi connectivity index (χ0v) is 5.79. The van der Waals surface area contributed by atoms with E-state index in [4.69, 9.17) is 0 Å². The van der Waals surface area contributed by atoms with Crippen LogP contribution in [0, 0.1) is 0 Å². The van der Waals surface area contributed by atoms with Crippen LogP contribution in [0.1, 0.15) is 19.3 Å². The van der Waals surface area contributed by atoms with Crippen molar-refractivity contribution in [2.24, 2.45) is 0 Å². The predicted molar refractivity (Wildman–Crippen MR) is 35.4 cm³/mol. The molecule has 2 aliphatic heterocycles. The third-order valence-corrected chi connectivity index (χ3v) is 2.45. The van der Waals surface area contributed by atoms with Crippen molar-refractivity contribution in [1.82, 2.24) is 4.90 Å². The number of carbonyl (C=O) groups excluding carboxylic acids is 1. The second-order valence-electron chi connectivity index (χ2n) is 3.07. The van der Waals surface area contributed by atoms with Crippen molar-refractivity contribution in [2.75, 3.05) is 6.54 Å². The van der Waals surface area contributed by atoms with Gasteiger partial charge in [-0.05, 0) is 12.8 Å². The van der Waals surface area contributed by atoms with Crippen molar-refractivity contribution in [3.05, 3.63) is 0 Å². The Morgan fingerprint density at radius 2 is 2.40 bits per heavy atom. The number of carbonyl (C=O) groups is 1. The summed E-state index contributed by atoms with van der Waals surface area (Å²) < 4.78 is 0. The highest BCUT2D eigenvalue weighted by molar-refractivity contribution is 5.83. The molecule has 2 heterocycles. The maximum atomic E-state index is 10.8. The summed E-state index contributed by atoms with van der Waals surface area (Å²) in [5, 5.41) is 9.32. The molecule has 1 N–H and O–H groups in total. The number of rotatable bonds is 0. The Morgan fingerprint density at radius 3 is 3.00 bits per heavy atom. The first-order valence-corrected chi connectivity index (χ1v) is 3.76. The molecule has 2 rings (SSSR count). The molecule has 0 aromatic rings. The maximum absolute atomic E-state index is 10.8. The van der Waals surface area contributed by atoms with Crippen LogP contribution < -0.4 is 0 Å². The smallest absolute Gasteiger partial charge is 0.225 e. The number of hydrogen-bond donors (Lipinski definition) is 1. The largest absolute Gasteiger partial charge is 0.391 e. The summed E-state index contributed by atoms with van der Waals surface area (Å²) >= 11 is 0. The molecule has 0 saturated carbocycles. The molecule has 1 unspecified atom stereocenters. The summed E-state index contributed by atoms with van der Waals surface area (Å²) in [5.41, 5.74) is 0. The van der Waals surface area contributed by atoms with Crippen LogP contribution in [0.15, 0.2) is 0 Å². The molecule has 0 bridgehead atoms. The van der Waals surface area contributed by atoms with E-state index in [0.717, 1.165) is 19.4 Å². The molecule has 0 radical (unpaired) electrons. The van der Waals surface area contributed by atoms with E-state index in [2.05, 4.69) is 0 Å². The van der Waals surface area contributed by atoms with E-state index in [1.165, 1.54) is 0 Å². The van der Waals surface area contributed by atoms with Gasteiger partial charge in [0.1, 0.15) is 0 Å². The van der Waals surface area contributed by atoms with E-state index in [-0.39, 0.29) is 18.1 Å². The normalized spacial score (nSPS) is 38.9. The molecule has 10 heavy (non-hydrogen) atoms. The van der Waals surface area contributed by atoms with Gasteiger partial charge < -0.3 is 10.0 Å². The zero-order valence-electron chi connectivity index (χ0n) is 5.79. The summed E-state index contributed by atoms with van der Waals surface area (Å²) in [5.74, 6) is 0.212. The highest BCUT2D eigenvalue weighted by Crippen LogP contribution is 2.28. The van der Waals surface area contributed by atoms with Gasteiger partial charge in [0.05, 0.1) is 12.1 Å². The molecule has 0 aliphatic carbocycles. The second kappa shape index (κ2) is 1.95. The Hall–Kier alpha value is -0.570. The topological polar surface area (TPSA) is 40.5 Å². The van der Waals surface area contributed by atoms with Gasteiger partial charge in [0.2, 0.25) is 5.91 Å². The summed E-state index contributed by atoms with van der Waals surface area (Å²) in [6.07, 6.45) is 2.16. The van der Waals surface area contributed by atoms with Crippen molar-refractivity contribution >= 4 is 5.91 Å². The van der Waals surface area contributed by atoms with Crippen LogP contribution in [0.4, 0.5) is 0 Å². The molecule has 0 aromatic heterocycles. The number of β-lactam (4-membered cyclic amide) rings is 1. The van der Waals surface area contributed by atoms with Crippen LogP contribution in [-0.2, 0) is 4.79 Å². The summed E-state index contributed by atoms with van der Waals surface area (Å²) in [6.45, 7) is 0.862. The second-order valence-corrected chi connectivity index (χ2v) is 3.07. The number of piperidine rings is 1. The molecular weight excluding hydrogens is 130 g/mol. The molecule has 1 amide bonds. The van der Waals surface area contributed by atoms with Crippen molar-refractivity contribution in [2.45, 2.75) is 31.4 Å². The fraction of sp³-hybridized carbons (Fsp3) is 0.857. The minimum Gasteiger partial charge on any atom is -0.391 e. The monoisotopic (exact) mass is 141 g/mol. The van der Waals surface area contributed by atoms with E-state index < -0.39 is 0 Å². The van der Waals surface area contributed by atoms with Gasteiger partial charge in [0.25, 0.3) is 0 Å². The van der Waals surface area contributed by atoms with Gasteiger partial charge in [0.15, 0.2) is 0 Å². The minimum absolute atomic E-state index is 0.168. The zero-order chi connectivity index (χ0) is 7.14. The van der Waals surface area contributed by atoms with Crippen molar-refractivity contribution in [3.63, 3.8) is 0 Å². The van der Waals surface area contributed by atoms with E-state index in [0.29, 0.717) is 6.42 Å². The molecular formula is C7H11NO2. The number of aliphatic hydroxyl groups is 1. The SMILES string of the molecule is O=C1C[C@H]2C(O)CCCN12. The summed E-state index contributed by atoms with van der Waals surface area (Å²) in [4.78, 5) is 12.6. The molecule has 0 aromatic carbocycles. The van der Waals surface area contributed by atoms with Gasteiger partial charge in [0, 0.05) is 13.0 Å². The third kappa shape index (κ3) is 0.669. The predicted octanol–water partition coefficient (Wildman–Crippen LogP) is -0.258. The molecule has 3 heteroatoms. The first-order valence-electron chi connectivity index (χ1n) is 3.76. The third-order valence-electron chi connectivity index (χ3n) is 2.45. The average molecular weight is 141 g/mol. The Labute approximate surface area is 59.6 Å². The highest BCUT2D eigenvalue weighted by atomic mass is 16.3. The van der Waals surface area contributed by atoms with Gasteiger partial charge in [-0.1, -0.05) is 0 Å². The number of hydrogen-bond acceptors (Lipinski definition) is 2. The van der Waals surface area contributed by atoms with Crippen LogP contribution in [0.2, 0.25) is 0 Å². The number of nitrogens with zero attached hydrogens (tertiary/aromatic N) is 1. The standard InChI is InChI=1S/C7H11NO2/c9-6-2-1-3-8-5(6)4-7(8)10/h5-6,9H,1-4H2/t5-,6?/m0/s1. The maximum Gasteiger partial charge on any atom is 0.225 e. The lowest BCUT2D eigenvalue weighted by Gasteiger charge is -2.46. The van der Waals surface area contributed by atoms with Crippen LogP contribution in [0.3, 0.4) is 0 Å². The quantitative estimate of drug-likeness (QED) is 0.472. The van der Waals surface area contributed by atoms with E-state index in [9.17, 15) is 9.90 Å². The van der Waals surface area contributed by atoms with Gasteiger partial charge in [-0.25, -0.2) is 0 Å². The minimum atomic E-state index is -0.244.